The highest BCUT2D eigenvalue weighted by Gasteiger charge is 2.30. The van der Waals surface area contributed by atoms with Gasteiger partial charge in [0, 0.05) is 31.5 Å². The number of likely N-dealkylation sites (tertiary alicyclic amines) is 1. The molecule has 1 amide bonds. The number of fused-ring (bicyclic) bond motifs is 1. The third-order valence-electron chi connectivity index (χ3n) is 5.00. The van der Waals surface area contributed by atoms with Gasteiger partial charge in [-0.1, -0.05) is 6.42 Å². The van der Waals surface area contributed by atoms with Crippen molar-refractivity contribution in [2.24, 2.45) is 7.05 Å². The summed E-state index contributed by atoms with van der Waals surface area (Å²) in [6.45, 7) is 4.57. The van der Waals surface area contributed by atoms with Crippen LogP contribution in [0.25, 0.3) is 0 Å². The standard InChI is InChI=1S/C17H23N5O/c1-20-16-12-22(17(23)13-5-6-18-9-13)10-14(16)15(19-20)11-21-7-3-2-4-8-21/h5-6,9,18H,2-4,7-8,10-12H2,1H3. The monoisotopic (exact) mass is 313 g/mol. The number of rotatable bonds is 3. The van der Waals surface area contributed by atoms with Crippen LogP contribution < -0.4 is 0 Å². The normalized spacial score (nSPS) is 18.4. The lowest BCUT2D eigenvalue weighted by molar-refractivity contribution is 0.0748. The van der Waals surface area contributed by atoms with Gasteiger partial charge < -0.3 is 9.88 Å². The molecule has 0 saturated carbocycles. The number of piperidine rings is 1. The zero-order valence-electron chi connectivity index (χ0n) is 13.6. The van der Waals surface area contributed by atoms with Crippen LogP contribution in [0.5, 0.6) is 0 Å². The van der Waals surface area contributed by atoms with Crippen LogP contribution in [-0.4, -0.2) is 43.6 Å². The first-order valence-corrected chi connectivity index (χ1v) is 8.40. The number of carbonyl (C=O) groups excluding carboxylic acids is 1. The minimum Gasteiger partial charge on any atom is -0.367 e. The van der Waals surface area contributed by atoms with E-state index in [1.165, 1.54) is 30.5 Å². The van der Waals surface area contributed by atoms with Crippen LogP contribution in [0.15, 0.2) is 18.5 Å². The lowest BCUT2D eigenvalue weighted by Gasteiger charge is -2.26. The number of aryl methyl sites for hydroxylation is 1. The van der Waals surface area contributed by atoms with Crippen molar-refractivity contribution in [3.63, 3.8) is 0 Å². The fraction of sp³-hybridized carbons (Fsp3) is 0.529. The number of amides is 1. The summed E-state index contributed by atoms with van der Waals surface area (Å²) in [4.78, 5) is 19.9. The Morgan fingerprint density at radius 2 is 2.09 bits per heavy atom. The van der Waals surface area contributed by atoms with Crippen molar-refractivity contribution in [2.45, 2.75) is 38.9 Å². The second-order valence-corrected chi connectivity index (χ2v) is 6.59. The third-order valence-corrected chi connectivity index (χ3v) is 5.00. The van der Waals surface area contributed by atoms with Crippen molar-refractivity contribution < 1.29 is 4.79 Å². The van der Waals surface area contributed by atoms with E-state index in [0.717, 1.165) is 30.9 Å². The molecule has 0 spiro atoms. The molecular weight excluding hydrogens is 290 g/mol. The lowest BCUT2D eigenvalue weighted by Crippen LogP contribution is -2.30. The largest absolute Gasteiger partial charge is 0.367 e. The van der Waals surface area contributed by atoms with Gasteiger partial charge >= 0.3 is 0 Å². The van der Waals surface area contributed by atoms with E-state index in [1.54, 1.807) is 12.4 Å². The average molecular weight is 313 g/mol. The molecule has 0 aliphatic carbocycles. The maximum absolute atomic E-state index is 12.6. The van der Waals surface area contributed by atoms with Crippen molar-refractivity contribution >= 4 is 5.91 Å². The Labute approximate surface area is 136 Å². The molecule has 23 heavy (non-hydrogen) atoms. The summed E-state index contributed by atoms with van der Waals surface area (Å²) in [7, 11) is 1.99. The van der Waals surface area contributed by atoms with Gasteiger partial charge in [-0.25, -0.2) is 0 Å². The number of H-pyrrole nitrogens is 1. The summed E-state index contributed by atoms with van der Waals surface area (Å²) in [6.07, 6.45) is 7.47. The summed E-state index contributed by atoms with van der Waals surface area (Å²) in [5.41, 5.74) is 4.31. The van der Waals surface area contributed by atoms with Gasteiger partial charge in [0.2, 0.25) is 0 Å². The third kappa shape index (κ3) is 2.67. The number of carbonyl (C=O) groups is 1. The van der Waals surface area contributed by atoms with E-state index >= 15 is 0 Å². The van der Waals surface area contributed by atoms with E-state index in [9.17, 15) is 4.79 Å². The summed E-state index contributed by atoms with van der Waals surface area (Å²) in [5.74, 6) is 0.0892. The van der Waals surface area contributed by atoms with E-state index < -0.39 is 0 Å². The molecule has 1 fully saturated rings. The second-order valence-electron chi connectivity index (χ2n) is 6.59. The first-order chi connectivity index (χ1) is 11.2. The maximum Gasteiger partial charge on any atom is 0.256 e. The molecule has 2 aromatic heterocycles. The van der Waals surface area contributed by atoms with Gasteiger partial charge in [-0.2, -0.15) is 5.10 Å². The van der Waals surface area contributed by atoms with Crippen molar-refractivity contribution in [2.75, 3.05) is 13.1 Å². The first-order valence-electron chi connectivity index (χ1n) is 8.40. The lowest BCUT2D eigenvalue weighted by atomic mass is 10.1. The zero-order chi connectivity index (χ0) is 15.8. The van der Waals surface area contributed by atoms with Crippen LogP contribution in [0.3, 0.4) is 0 Å². The van der Waals surface area contributed by atoms with Gasteiger partial charge in [0.25, 0.3) is 5.91 Å². The summed E-state index contributed by atoms with van der Waals surface area (Å²) in [5, 5.41) is 4.71. The van der Waals surface area contributed by atoms with E-state index in [1.807, 2.05) is 22.7 Å². The SMILES string of the molecule is Cn1nc(CN2CCCCC2)c2c1CN(C(=O)c1cc[nH]c1)C2. The van der Waals surface area contributed by atoms with Gasteiger partial charge in [0.15, 0.2) is 0 Å². The van der Waals surface area contributed by atoms with Gasteiger partial charge in [0.1, 0.15) is 0 Å². The van der Waals surface area contributed by atoms with Crippen molar-refractivity contribution in [1.29, 1.82) is 0 Å². The molecule has 6 heteroatoms. The molecule has 1 N–H and O–H groups in total. The van der Waals surface area contributed by atoms with E-state index in [2.05, 4.69) is 9.88 Å². The minimum absolute atomic E-state index is 0.0892. The summed E-state index contributed by atoms with van der Waals surface area (Å²) in [6, 6.07) is 1.83. The molecule has 4 rings (SSSR count). The molecule has 2 aliphatic rings. The maximum atomic E-state index is 12.6. The van der Waals surface area contributed by atoms with Crippen LogP contribution in [0.4, 0.5) is 0 Å². The highest BCUT2D eigenvalue weighted by Crippen LogP contribution is 2.28. The predicted molar refractivity (Wildman–Crippen MR) is 86.7 cm³/mol. The molecule has 1 saturated heterocycles. The minimum atomic E-state index is 0.0892. The number of aromatic amines is 1. The van der Waals surface area contributed by atoms with Gasteiger partial charge in [-0.05, 0) is 32.0 Å². The number of hydrogen-bond acceptors (Lipinski definition) is 3. The summed E-state index contributed by atoms with van der Waals surface area (Å²) < 4.78 is 1.96. The molecular formula is C17H23N5O. The quantitative estimate of drug-likeness (QED) is 0.941. The Hall–Kier alpha value is -2.08. The van der Waals surface area contributed by atoms with E-state index in [0.29, 0.717) is 13.1 Å². The Balaban J connectivity index is 1.52. The molecule has 0 unspecified atom stereocenters. The highest BCUT2D eigenvalue weighted by molar-refractivity contribution is 5.94. The number of hydrogen-bond donors (Lipinski definition) is 1. The molecule has 4 heterocycles. The molecule has 122 valence electrons. The number of nitrogens with one attached hydrogen (secondary N) is 1. The van der Waals surface area contributed by atoms with Crippen LogP contribution >= 0.6 is 0 Å². The zero-order valence-corrected chi connectivity index (χ0v) is 13.6. The highest BCUT2D eigenvalue weighted by atomic mass is 16.2. The van der Waals surface area contributed by atoms with Crippen molar-refractivity contribution in [3.05, 3.63) is 41.0 Å². The van der Waals surface area contributed by atoms with E-state index in [-0.39, 0.29) is 5.91 Å². The molecule has 2 aliphatic heterocycles. The molecule has 0 bridgehead atoms. The Morgan fingerprint density at radius 1 is 1.26 bits per heavy atom. The Morgan fingerprint density at radius 3 is 2.83 bits per heavy atom. The summed E-state index contributed by atoms with van der Waals surface area (Å²) >= 11 is 0. The van der Waals surface area contributed by atoms with E-state index in [4.69, 9.17) is 5.10 Å². The second kappa shape index (κ2) is 5.85. The molecule has 0 radical (unpaired) electrons. The van der Waals surface area contributed by atoms with Crippen LogP contribution in [0.2, 0.25) is 0 Å². The van der Waals surface area contributed by atoms with Crippen molar-refractivity contribution in [3.8, 4) is 0 Å². The fourth-order valence-electron chi connectivity index (χ4n) is 3.71. The fourth-order valence-corrected chi connectivity index (χ4v) is 3.71. The Kier molecular flexibility index (Phi) is 3.69. The molecule has 0 atom stereocenters. The molecule has 0 aromatic carbocycles. The van der Waals surface area contributed by atoms with Gasteiger partial charge in [-0.15, -0.1) is 0 Å². The van der Waals surface area contributed by atoms with Crippen molar-refractivity contribution in [1.82, 2.24) is 24.6 Å². The van der Waals surface area contributed by atoms with Crippen LogP contribution in [0, 0.1) is 0 Å². The topological polar surface area (TPSA) is 57.2 Å². The molecule has 6 nitrogen and oxygen atoms in total. The average Bonchev–Trinajstić information content (AvgIpc) is 3.28. The Bertz CT molecular complexity index is 697. The van der Waals surface area contributed by atoms with Gasteiger partial charge in [0.05, 0.1) is 30.0 Å². The number of aromatic nitrogens is 3. The van der Waals surface area contributed by atoms with Crippen LogP contribution in [0.1, 0.15) is 46.6 Å². The molecule has 2 aromatic rings. The predicted octanol–water partition coefficient (Wildman–Crippen LogP) is 1.89. The first kappa shape index (κ1) is 14.5. The van der Waals surface area contributed by atoms with Gasteiger partial charge in [-0.3, -0.25) is 14.4 Å². The smallest absolute Gasteiger partial charge is 0.256 e. The van der Waals surface area contributed by atoms with Crippen LogP contribution in [-0.2, 0) is 26.7 Å². The number of nitrogens with zero attached hydrogens (tertiary/aromatic N) is 4.